The van der Waals surface area contributed by atoms with Crippen LogP contribution in [0.4, 0.5) is 0 Å². The first kappa shape index (κ1) is 12.4. The highest BCUT2D eigenvalue weighted by Gasteiger charge is 2.33. The summed E-state index contributed by atoms with van der Waals surface area (Å²) < 4.78 is 12.1. The Hall–Kier alpha value is -0.0800. The molecule has 0 aromatic heterocycles. The minimum Gasteiger partial charge on any atom is -0.373 e. The smallest absolute Gasteiger partial charge is 0.0841 e. The van der Waals surface area contributed by atoms with Crippen LogP contribution in [0.15, 0.2) is 0 Å². The maximum Gasteiger partial charge on any atom is 0.0841 e. The average molecular weight is 226 g/mol. The Balaban J connectivity index is 1.65. The summed E-state index contributed by atoms with van der Waals surface area (Å²) in [5.41, 5.74) is 0. The fourth-order valence-corrected chi connectivity index (χ4v) is 2.88. The van der Waals surface area contributed by atoms with Gasteiger partial charge < -0.3 is 9.47 Å². The number of hydrogen-bond donors (Lipinski definition) is 0. The fourth-order valence-electron chi connectivity index (χ4n) is 2.88. The van der Waals surface area contributed by atoms with Crippen molar-refractivity contribution in [2.24, 2.45) is 0 Å². The standard InChI is InChI=1S/C14H26O2/c1-2-3-4-5-8-12-11-15-13-9-6-7-10-14(13)16-12/h12-14H,2-11H2,1H3/t12-,13-,14-/m1/s1. The zero-order valence-electron chi connectivity index (χ0n) is 10.6. The van der Waals surface area contributed by atoms with Gasteiger partial charge in [-0.3, -0.25) is 0 Å². The molecule has 0 aromatic carbocycles. The van der Waals surface area contributed by atoms with Crippen molar-refractivity contribution in [1.29, 1.82) is 0 Å². The van der Waals surface area contributed by atoms with Gasteiger partial charge in [0.1, 0.15) is 0 Å². The van der Waals surface area contributed by atoms with Gasteiger partial charge in [0.05, 0.1) is 24.9 Å². The summed E-state index contributed by atoms with van der Waals surface area (Å²) in [4.78, 5) is 0. The van der Waals surface area contributed by atoms with Gasteiger partial charge in [-0.25, -0.2) is 0 Å². The van der Waals surface area contributed by atoms with E-state index in [1.807, 2.05) is 0 Å². The van der Waals surface area contributed by atoms with Crippen molar-refractivity contribution in [2.45, 2.75) is 83.0 Å². The number of hydrogen-bond acceptors (Lipinski definition) is 2. The van der Waals surface area contributed by atoms with E-state index in [0.717, 1.165) is 6.61 Å². The van der Waals surface area contributed by atoms with Crippen LogP contribution in [0, 0.1) is 0 Å². The summed E-state index contributed by atoms with van der Waals surface area (Å²) in [6.07, 6.45) is 12.8. The predicted octanol–water partition coefficient (Wildman–Crippen LogP) is 3.68. The van der Waals surface area contributed by atoms with Gasteiger partial charge in [0.2, 0.25) is 0 Å². The molecule has 2 fully saturated rings. The average Bonchev–Trinajstić information content (AvgIpc) is 2.34. The third kappa shape index (κ3) is 3.46. The van der Waals surface area contributed by atoms with E-state index in [1.165, 1.54) is 57.8 Å². The van der Waals surface area contributed by atoms with Crippen LogP contribution in [0.3, 0.4) is 0 Å². The zero-order valence-corrected chi connectivity index (χ0v) is 10.6. The molecule has 1 aliphatic heterocycles. The van der Waals surface area contributed by atoms with Gasteiger partial charge >= 0.3 is 0 Å². The van der Waals surface area contributed by atoms with Crippen LogP contribution in [0.5, 0.6) is 0 Å². The van der Waals surface area contributed by atoms with Crippen LogP contribution < -0.4 is 0 Å². The Morgan fingerprint density at radius 2 is 1.81 bits per heavy atom. The molecular formula is C14H26O2. The summed E-state index contributed by atoms with van der Waals surface area (Å²) in [6, 6.07) is 0. The molecule has 0 aromatic rings. The van der Waals surface area contributed by atoms with Gasteiger partial charge in [-0.05, 0) is 19.3 Å². The minimum atomic E-state index is 0.385. The Morgan fingerprint density at radius 3 is 2.62 bits per heavy atom. The molecule has 0 spiro atoms. The van der Waals surface area contributed by atoms with E-state index >= 15 is 0 Å². The molecule has 0 bridgehead atoms. The molecule has 2 nitrogen and oxygen atoms in total. The molecule has 0 N–H and O–H groups in total. The molecule has 0 unspecified atom stereocenters. The lowest BCUT2D eigenvalue weighted by Gasteiger charge is -2.39. The van der Waals surface area contributed by atoms with Crippen LogP contribution in [-0.2, 0) is 9.47 Å². The third-order valence-corrected chi connectivity index (χ3v) is 3.89. The normalized spacial score (nSPS) is 34.7. The lowest BCUT2D eigenvalue weighted by atomic mass is 9.93. The molecule has 2 aliphatic rings. The maximum absolute atomic E-state index is 6.15. The number of unbranched alkanes of at least 4 members (excludes halogenated alkanes) is 3. The van der Waals surface area contributed by atoms with Crippen LogP contribution >= 0.6 is 0 Å². The SMILES string of the molecule is CCCCCC[C@@H]1CO[C@@H]2CCCC[C@H]2O1. The van der Waals surface area contributed by atoms with Crippen molar-refractivity contribution < 1.29 is 9.47 Å². The van der Waals surface area contributed by atoms with E-state index in [-0.39, 0.29) is 0 Å². The Morgan fingerprint density at radius 1 is 1.00 bits per heavy atom. The highest BCUT2D eigenvalue weighted by molar-refractivity contribution is 4.81. The summed E-state index contributed by atoms with van der Waals surface area (Å²) in [6.45, 7) is 3.10. The molecule has 1 heterocycles. The van der Waals surface area contributed by atoms with Crippen LogP contribution in [0.2, 0.25) is 0 Å². The molecule has 2 rings (SSSR count). The van der Waals surface area contributed by atoms with Crippen molar-refractivity contribution in [2.75, 3.05) is 6.61 Å². The second kappa shape index (κ2) is 6.61. The van der Waals surface area contributed by atoms with Crippen molar-refractivity contribution in [3.05, 3.63) is 0 Å². The highest BCUT2D eigenvalue weighted by Crippen LogP contribution is 2.29. The van der Waals surface area contributed by atoms with Crippen molar-refractivity contribution in [3.8, 4) is 0 Å². The Bertz CT molecular complexity index is 193. The summed E-state index contributed by atoms with van der Waals surface area (Å²) in [5.74, 6) is 0. The third-order valence-electron chi connectivity index (χ3n) is 3.89. The first-order chi connectivity index (χ1) is 7.90. The minimum absolute atomic E-state index is 0.385. The summed E-state index contributed by atoms with van der Waals surface area (Å²) in [5, 5.41) is 0. The largest absolute Gasteiger partial charge is 0.373 e. The zero-order chi connectivity index (χ0) is 11.2. The number of fused-ring (bicyclic) bond motifs is 1. The van der Waals surface area contributed by atoms with E-state index < -0.39 is 0 Å². The predicted molar refractivity (Wildman–Crippen MR) is 65.6 cm³/mol. The topological polar surface area (TPSA) is 18.5 Å². The van der Waals surface area contributed by atoms with Crippen LogP contribution in [0.25, 0.3) is 0 Å². The van der Waals surface area contributed by atoms with Crippen molar-refractivity contribution in [1.82, 2.24) is 0 Å². The number of ether oxygens (including phenoxy) is 2. The van der Waals surface area contributed by atoms with Gasteiger partial charge in [-0.15, -0.1) is 0 Å². The summed E-state index contributed by atoms with van der Waals surface area (Å²) in [7, 11) is 0. The van der Waals surface area contributed by atoms with E-state index in [9.17, 15) is 0 Å². The van der Waals surface area contributed by atoms with Gasteiger partial charge in [0, 0.05) is 0 Å². The molecule has 3 atom stereocenters. The molecular weight excluding hydrogens is 200 g/mol. The van der Waals surface area contributed by atoms with Crippen LogP contribution in [-0.4, -0.2) is 24.9 Å². The number of rotatable bonds is 5. The van der Waals surface area contributed by atoms with Crippen LogP contribution in [0.1, 0.15) is 64.7 Å². The second-order valence-corrected chi connectivity index (χ2v) is 5.30. The monoisotopic (exact) mass is 226 g/mol. The Kier molecular flexibility index (Phi) is 5.11. The molecule has 16 heavy (non-hydrogen) atoms. The van der Waals surface area contributed by atoms with Gasteiger partial charge in [0.25, 0.3) is 0 Å². The molecule has 1 saturated carbocycles. The molecule has 0 radical (unpaired) electrons. The quantitative estimate of drug-likeness (QED) is 0.666. The lowest BCUT2D eigenvalue weighted by Crippen LogP contribution is -2.45. The first-order valence-corrected chi connectivity index (χ1v) is 7.17. The van der Waals surface area contributed by atoms with E-state index in [0.29, 0.717) is 18.3 Å². The summed E-state index contributed by atoms with van der Waals surface area (Å²) >= 11 is 0. The lowest BCUT2D eigenvalue weighted by molar-refractivity contribution is -0.193. The Labute approximate surface area is 99.7 Å². The van der Waals surface area contributed by atoms with Gasteiger partial charge in [0.15, 0.2) is 0 Å². The van der Waals surface area contributed by atoms with E-state index in [4.69, 9.17) is 9.47 Å². The second-order valence-electron chi connectivity index (χ2n) is 5.30. The van der Waals surface area contributed by atoms with Crippen molar-refractivity contribution >= 4 is 0 Å². The van der Waals surface area contributed by atoms with Gasteiger partial charge in [-0.2, -0.15) is 0 Å². The van der Waals surface area contributed by atoms with E-state index in [2.05, 4.69) is 6.92 Å². The molecule has 94 valence electrons. The molecule has 1 aliphatic carbocycles. The van der Waals surface area contributed by atoms with Gasteiger partial charge in [-0.1, -0.05) is 45.4 Å². The van der Waals surface area contributed by atoms with E-state index in [1.54, 1.807) is 0 Å². The molecule has 1 saturated heterocycles. The first-order valence-electron chi connectivity index (χ1n) is 7.17. The fraction of sp³-hybridized carbons (Fsp3) is 1.00. The maximum atomic E-state index is 6.15. The molecule has 2 heteroatoms. The highest BCUT2D eigenvalue weighted by atomic mass is 16.6. The molecule has 0 amide bonds. The van der Waals surface area contributed by atoms with Crippen molar-refractivity contribution in [3.63, 3.8) is 0 Å².